The highest BCUT2D eigenvalue weighted by Gasteiger charge is 2.10. The Bertz CT molecular complexity index is 355. The summed E-state index contributed by atoms with van der Waals surface area (Å²) < 4.78 is 5.08. The highest BCUT2D eigenvalue weighted by Crippen LogP contribution is 2.14. The van der Waals surface area contributed by atoms with Gasteiger partial charge >= 0.3 is 0 Å². The van der Waals surface area contributed by atoms with Crippen LogP contribution >= 0.6 is 0 Å². The van der Waals surface area contributed by atoms with Crippen LogP contribution in [0.1, 0.15) is 23.7 Å². The number of carbonyl (C=O) groups excluding carboxylic acids is 1. The lowest BCUT2D eigenvalue weighted by Gasteiger charge is -2.08. The van der Waals surface area contributed by atoms with Crippen molar-refractivity contribution in [3.8, 4) is 5.75 Å². The van der Waals surface area contributed by atoms with Crippen LogP contribution in [0.25, 0.3) is 0 Å². The molecule has 1 amide bonds. The molecule has 0 spiro atoms. The Balaban J connectivity index is 2.41. The van der Waals surface area contributed by atoms with E-state index in [9.17, 15) is 4.79 Å². The Kier molecular flexibility index (Phi) is 6.03. The molecule has 0 saturated carbocycles. The summed E-state index contributed by atoms with van der Waals surface area (Å²) in [5.74, 6) is 0.373. The van der Waals surface area contributed by atoms with Gasteiger partial charge in [-0.25, -0.2) is 0 Å². The number of amides is 1. The molecule has 1 aromatic heterocycles. The summed E-state index contributed by atoms with van der Waals surface area (Å²) in [6.45, 7) is 4.56. The van der Waals surface area contributed by atoms with Crippen LogP contribution in [-0.2, 0) is 0 Å². The van der Waals surface area contributed by atoms with Gasteiger partial charge in [-0.15, -0.1) is 0 Å². The summed E-state index contributed by atoms with van der Waals surface area (Å²) in [5.41, 5.74) is 0.519. The van der Waals surface area contributed by atoms with E-state index in [1.54, 1.807) is 12.3 Å². The smallest absolute Gasteiger partial charge is 0.255 e. The predicted molar refractivity (Wildman–Crippen MR) is 66.3 cm³/mol. The molecule has 0 aliphatic heterocycles. The lowest BCUT2D eigenvalue weighted by atomic mass is 10.2. The number of aromatic nitrogens is 1. The number of ether oxygens (including phenoxy) is 1. The van der Waals surface area contributed by atoms with Crippen molar-refractivity contribution in [2.45, 2.75) is 13.3 Å². The standard InChI is InChI=1S/C12H19N3O2/c1-3-13-6-4-7-15-12(16)10-5-8-14-9-11(10)17-2/h5,8-9,13H,3-4,6-7H2,1-2H3,(H,15,16). The van der Waals surface area contributed by atoms with E-state index in [2.05, 4.69) is 22.5 Å². The van der Waals surface area contributed by atoms with Gasteiger partial charge in [-0.3, -0.25) is 9.78 Å². The number of nitrogens with one attached hydrogen (secondary N) is 2. The molecule has 2 N–H and O–H groups in total. The van der Waals surface area contributed by atoms with Crippen molar-refractivity contribution in [1.29, 1.82) is 0 Å². The normalized spacial score (nSPS) is 10.0. The molecular formula is C12H19N3O2. The van der Waals surface area contributed by atoms with E-state index in [-0.39, 0.29) is 5.91 Å². The Morgan fingerprint density at radius 2 is 2.29 bits per heavy atom. The van der Waals surface area contributed by atoms with E-state index in [4.69, 9.17) is 4.74 Å². The number of nitrogens with zero attached hydrogens (tertiary/aromatic N) is 1. The predicted octanol–water partition coefficient (Wildman–Crippen LogP) is 0.820. The fourth-order valence-electron chi connectivity index (χ4n) is 1.42. The molecule has 0 atom stereocenters. The maximum atomic E-state index is 11.8. The fourth-order valence-corrected chi connectivity index (χ4v) is 1.42. The highest BCUT2D eigenvalue weighted by molar-refractivity contribution is 5.96. The molecule has 0 fully saturated rings. The quantitative estimate of drug-likeness (QED) is 0.689. The Hall–Kier alpha value is -1.62. The Labute approximate surface area is 102 Å². The van der Waals surface area contributed by atoms with E-state index < -0.39 is 0 Å². The van der Waals surface area contributed by atoms with E-state index in [0.29, 0.717) is 17.9 Å². The topological polar surface area (TPSA) is 63.2 Å². The van der Waals surface area contributed by atoms with Crippen molar-refractivity contribution in [2.24, 2.45) is 0 Å². The second-order valence-electron chi connectivity index (χ2n) is 3.54. The summed E-state index contributed by atoms with van der Waals surface area (Å²) >= 11 is 0. The number of hydrogen-bond acceptors (Lipinski definition) is 4. The first kappa shape index (κ1) is 13.4. The molecule has 94 valence electrons. The minimum absolute atomic E-state index is 0.124. The van der Waals surface area contributed by atoms with Crippen LogP contribution in [0.3, 0.4) is 0 Å². The first-order chi connectivity index (χ1) is 8.29. The van der Waals surface area contributed by atoms with Crippen molar-refractivity contribution < 1.29 is 9.53 Å². The van der Waals surface area contributed by atoms with Crippen LogP contribution in [0.5, 0.6) is 5.75 Å². The number of rotatable bonds is 7. The van der Waals surface area contributed by atoms with Gasteiger partial charge in [0.1, 0.15) is 5.75 Å². The van der Waals surface area contributed by atoms with Crippen LogP contribution < -0.4 is 15.4 Å². The molecular weight excluding hydrogens is 218 g/mol. The van der Waals surface area contributed by atoms with Crippen molar-refractivity contribution >= 4 is 5.91 Å². The van der Waals surface area contributed by atoms with E-state index in [0.717, 1.165) is 19.5 Å². The average Bonchev–Trinajstić information content (AvgIpc) is 2.38. The number of methoxy groups -OCH3 is 1. The largest absolute Gasteiger partial charge is 0.494 e. The molecule has 1 heterocycles. The van der Waals surface area contributed by atoms with E-state index in [1.807, 2.05) is 0 Å². The molecule has 0 saturated heterocycles. The van der Waals surface area contributed by atoms with Crippen LogP contribution in [0.2, 0.25) is 0 Å². The van der Waals surface area contributed by atoms with E-state index >= 15 is 0 Å². The van der Waals surface area contributed by atoms with Gasteiger partial charge in [-0.2, -0.15) is 0 Å². The van der Waals surface area contributed by atoms with Crippen molar-refractivity contribution in [3.05, 3.63) is 24.0 Å². The molecule has 1 rings (SSSR count). The maximum Gasteiger partial charge on any atom is 0.255 e. The first-order valence-electron chi connectivity index (χ1n) is 5.76. The van der Waals surface area contributed by atoms with Gasteiger partial charge in [0.25, 0.3) is 5.91 Å². The molecule has 17 heavy (non-hydrogen) atoms. The third kappa shape index (κ3) is 4.40. The van der Waals surface area contributed by atoms with Crippen LogP contribution in [0.15, 0.2) is 18.5 Å². The highest BCUT2D eigenvalue weighted by atomic mass is 16.5. The molecule has 1 aromatic rings. The number of hydrogen-bond donors (Lipinski definition) is 2. The van der Waals surface area contributed by atoms with Gasteiger partial charge in [-0.05, 0) is 25.6 Å². The van der Waals surface area contributed by atoms with Crippen molar-refractivity contribution in [2.75, 3.05) is 26.7 Å². The monoisotopic (exact) mass is 237 g/mol. The SMILES string of the molecule is CCNCCCNC(=O)c1ccncc1OC. The van der Waals surface area contributed by atoms with Crippen molar-refractivity contribution in [1.82, 2.24) is 15.6 Å². The lowest BCUT2D eigenvalue weighted by molar-refractivity contribution is 0.0950. The average molecular weight is 237 g/mol. The molecule has 5 nitrogen and oxygen atoms in total. The zero-order chi connectivity index (χ0) is 12.5. The molecule has 0 bridgehead atoms. The number of carbonyl (C=O) groups is 1. The summed E-state index contributed by atoms with van der Waals surface area (Å²) in [5, 5.41) is 6.04. The van der Waals surface area contributed by atoms with Crippen molar-refractivity contribution in [3.63, 3.8) is 0 Å². The zero-order valence-electron chi connectivity index (χ0n) is 10.3. The molecule has 5 heteroatoms. The maximum absolute atomic E-state index is 11.8. The van der Waals surface area contributed by atoms with Gasteiger partial charge < -0.3 is 15.4 Å². The second kappa shape index (κ2) is 7.62. The second-order valence-corrected chi connectivity index (χ2v) is 3.54. The van der Waals surface area contributed by atoms with Crippen LogP contribution in [0, 0.1) is 0 Å². The number of pyridine rings is 1. The molecule has 0 aliphatic rings. The van der Waals surface area contributed by atoms with Crippen LogP contribution in [-0.4, -0.2) is 37.6 Å². The van der Waals surface area contributed by atoms with Crippen LogP contribution in [0.4, 0.5) is 0 Å². The third-order valence-electron chi connectivity index (χ3n) is 2.31. The Morgan fingerprint density at radius 3 is 3.00 bits per heavy atom. The van der Waals surface area contributed by atoms with Gasteiger partial charge in [0.05, 0.1) is 18.9 Å². The molecule has 0 radical (unpaired) electrons. The minimum Gasteiger partial charge on any atom is -0.494 e. The Morgan fingerprint density at radius 1 is 1.47 bits per heavy atom. The van der Waals surface area contributed by atoms with E-state index in [1.165, 1.54) is 13.3 Å². The molecule has 0 aliphatic carbocycles. The zero-order valence-corrected chi connectivity index (χ0v) is 10.3. The van der Waals surface area contributed by atoms with Gasteiger partial charge in [0.2, 0.25) is 0 Å². The van der Waals surface area contributed by atoms with Gasteiger partial charge in [0.15, 0.2) is 0 Å². The molecule has 0 unspecified atom stereocenters. The van der Waals surface area contributed by atoms with Gasteiger partial charge in [0, 0.05) is 12.7 Å². The summed E-state index contributed by atoms with van der Waals surface area (Å²) in [6, 6.07) is 1.65. The van der Waals surface area contributed by atoms with Gasteiger partial charge in [-0.1, -0.05) is 6.92 Å². The lowest BCUT2D eigenvalue weighted by Crippen LogP contribution is -2.27. The summed E-state index contributed by atoms with van der Waals surface area (Å²) in [7, 11) is 1.53. The first-order valence-corrected chi connectivity index (χ1v) is 5.76. The fraction of sp³-hybridized carbons (Fsp3) is 0.500. The molecule has 0 aromatic carbocycles. The third-order valence-corrected chi connectivity index (χ3v) is 2.31. The summed E-state index contributed by atoms with van der Waals surface area (Å²) in [4.78, 5) is 15.7. The summed E-state index contributed by atoms with van der Waals surface area (Å²) in [6.07, 6.45) is 4.02. The minimum atomic E-state index is -0.124.